The summed E-state index contributed by atoms with van der Waals surface area (Å²) < 4.78 is 3.34. The Hall–Kier alpha value is -0.287. The predicted octanol–water partition coefficient (Wildman–Crippen LogP) is 5.70. The molecule has 0 spiro atoms. The zero-order valence-corrected chi connectivity index (χ0v) is 15.6. The van der Waals surface area contributed by atoms with Gasteiger partial charge in [0.25, 0.3) is 0 Å². The molecule has 2 aliphatic carbocycles. The molecule has 0 N–H and O–H groups in total. The molecule has 0 aliphatic heterocycles. The first kappa shape index (κ1) is 19.7. The maximum atomic E-state index is 3.34. The van der Waals surface area contributed by atoms with E-state index in [1.54, 1.807) is 0 Å². The van der Waals surface area contributed by atoms with E-state index in [4.69, 9.17) is 0 Å². The van der Waals surface area contributed by atoms with Gasteiger partial charge in [-0.1, -0.05) is 52.4 Å². The van der Waals surface area contributed by atoms with Crippen molar-refractivity contribution in [3.63, 3.8) is 0 Å². The van der Waals surface area contributed by atoms with Gasteiger partial charge in [-0.3, -0.25) is 12.2 Å². The minimum absolute atomic E-state index is 1.04. The Balaban J connectivity index is 0.000000321. The molecule has 0 atom stereocenters. The Morgan fingerprint density at radius 3 is 1.55 bits per heavy atom. The third-order valence-corrected chi connectivity index (χ3v) is 3.18. The topological polar surface area (TPSA) is 0 Å². The summed E-state index contributed by atoms with van der Waals surface area (Å²) in [6, 6.07) is 0. The van der Waals surface area contributed by atoms with Crippen LogP contribution in [0.15, 0.2) is 35.5 Å². The van der Waals surface area contributed by atoms with Gasteiger partial charge in [0.15, 0.2) is 0 Å². The zero-order chi connectivity index (χ0) is 15.1. The Kier molecular flexibility index (Phi) is 14.9. The number of rotatable bonds is 6. The van der Waals surface area contributed by atoms with Crippen LogP contribution in [0.3, 0.4) is 0 Å². The zero-order valence-electron chi connectivity index (χ0n) is 13.2. The molecule has 2 rings (SSSR count). The Labute approximate surface area is 141 Å². The van der Waals surface area contributed by atoms with Crippen molar-refractivity contribution in [1.82, 2.24) is 0 Å². The van der Waals surface area contributed by atoms with Crippen molar-refractivity contribution in [3.05, 3.63) is 47.6 Å². The van der Waals surface area contributed by atoms with Crippen LogP contribution in [0.1, 0.15) is 65.2 Å². The molecule has 0 bridgehead atoms. The summed E-state index contributed by atoms with van der Waals surface area (Å²) in [5, 5.41) is 0. The van der Waals surface area contributed by atoms with Gasteiger partial charge in [0.05, 0.1) is 0 Å². The van der Waals surface area contributed by atoms with E-state index in [0.717, 1.165) is 12.8 Å². The molecule has 2 aliphatic rings. The van der Waals surface area contributed by atoms with Gasteiger partial charge in [-0.15, -0.1) is 12.8 Å². The van der Waals surface area contributed by atoms with Crippen molar-refractivity contribution < 1.29 is 24.2 Å². The minimum atomic E-state index is 1.04. The molecule has 0 aromatic carbocycles. The van der Waals surface area contributed by atoms with Gasteiger partial charge < -0.3 is 0 Å². The standard InChI is InChI=1S/2C9H13.CH2.Zr/c2*1-2-3-6-9-7-4-5-8-9;;/h2*7-8H,2-4,6H2,1H3;1H2;/q2*-1;;+2. The van der Waals surface area contributed by atoms with Crippen molar-refractivity contribution in [1.29, 1.82) is 0 Å². The summed E-state index contributed by atoms with van der Waals surface area (Å²) in [7, 11) is 0. The third-order valence-electron chi connectivity index (χ3n) is 3.18. The summed E-state index contributed by atoms with van der Waals surface area (Å²) in [5.41, 5.74) is 2.97. The van der Waals surface area contributed by atoms with Gasteiger partial charge in [-0.2, -0.15) is 12.2 Å². The van der Waals surface area contributed by atoms with E-state index >= 15 is 0 Å². The third kappa shape index (κ3) is 10.5. The van der Waals surface area contributed by atoms with E-state index in [-0.39, 0.29) is 0 Å². The van der Waals surface area contributed by atoms with Gasteiger partial charge in [-0.25, -0.2) is 23.3 Å². The fraction of sp³-hybridized carbons (Fsp3) is 0.526. The summed E-state index contributed by atoms with van der Waals surface area (Å²) in [5.74, 6) is 0. The normalized spacial score (nSPS) is 15.0. The van der Waals surface area contributed by atoms with Crippen LogP contribution in [0, 0.1) is 12.2 Å². The first-order valence-corrected chi connectivity index (χ1v) is 9.47. The van der Waals surface area contributed by atoms with Crippen molar-refractivity contribution in [3.8, 4) is 0 Å². The molecule has 0 nitrogen and oxygen atoms in total. The van der Waals surface area contributed by atoms with E-state index in [2.05, 4.69) is 54.5 Å². The van der Waals surface area contributed by atoms with Crippen LogP contribution in [0.5, 0.6) is 0 Å². The fourth-order valence-corrected chi connectivity index (χ4v) is 1.99. The van der Waals surface area contributed by atoms with E-state index in [1.807, 2.05) is 0 Å². The molecular formula is C19H28Zr. The molecule has 108 valence electrons. The molecule has 0 fully saturated rings. The first-order chi connectivity index (χ1) is 9.86. The van der Waals surface area contributed by atoms with Gasteiger partial charge in [0.2, 0.25) is 0 Å². The molecule has 1 heteroatoms. The van der Waals surface area contributed by atoms with Crippen molar-refractivity contribution in [2.75, 3.05) is 0 Å². The summed E-state index contributed by atoms with van der Waals surface area (Å²) in [6.45, 7) is 4.45. The van der Waals surface area contributed by atoms with Crippen LogP contribution in [-0.2, 0) is 24.2 Å². The van der Waals surface area contributed by atoms with Gasteiger partial charge >= 0.3 is 28.4 Å². The summed E-state index contributed by atoms with van der Waals surface area (Å²) in [6.07, 6.45) is 24.9. The monoisotopic (exact) mass is 346 g/mol. The molecule has 0 amide bonds. The average molecular weight is 348 g/mol. The second-order valence-corrected chi connectivity index (χ2v) is 4.87. The molecule has 0 radical (unpaired) electrons. The molecule has 0 aromatic rings. The van der Waals surface area contributed by atoms with Crippen LogP contribution in [-0.4, -0.2) is 4.21 Å². The van der Waals surface area contributed by atoms with E-state index < -0.39 is 0 Å². The molecule has 0 aromatic heterocycles. The van der Waals surface area contributed by atoms with Crippen molar-refractivity contribution in [2.45, 2.75) is 65.2 Å². The van der Waals surface area contributed by atoms with Gasteiger partial charge in [0, 0.05) is 0 Å². The number of unbranched alkanes of at least 4 members (excludes halogenated alkanes) is 2. The fourth-order valence-electron chi connectivity index (χ4n) is 1.99. The molecular weight excluding hydrogens is 319 g/mol. The molecule has 0 saturated carbocycles. The molecule has 20 heavy (non-hydrogen) atoms. The average Bonchev–Trinajstić information content (AvgIpc) is 3.19. The maximum absolute atomic E-state index is 3.34. The SMILES string of the molecule is CCCCC1=CC[C-]=C1.CCCCC1=CC[C-]=C1.[CH2]=[Zr+2]. The van der Waals surface area contributed by atoms with Gasteiger partial charge in [0.1, 0.15) is 0 Å². The Morgan fingerprint density at radius 2 is 1.30 bits per heavy atom. The summed E-state index contributed by atoms with van der Waals surface area (Å²) in [4.78, 5) is 0. The van der Waals surface area contributed by atoms with Crippen molar-refractivity contribution >= 4 is 4.21 Å². The molecule has 0 unspecified atom stereocenters. The predicted molar refractivity (Wildman–Crippen MR) is 87.2 cm³/mol. The quantitative estimate of drug-likeness (QED) is 0.541. The van der Waals surface area contributed by atoms with E-state index in [0.29, 0.717) is 0 Å². The van der Waals surface area contributed by atoms with Crippen LogP contribution >= 0.6 is 0 Å². The number of allylic oxidation sites excluding steroid dienone is 8. The Bertz CT molecular complexity index is 311. The number of hydrogen-bond donors (Lipinski definition) is 0. The molecule has 0 saturated heterocycles. The summed E-state index contributed by atoms with van der Waals surface area (Å²) >= 11 is 1.30. The second-order valence-electron chi connectivity index (χ2n) is 4.87. The van der Waals surface area contributed by atoms with Crippen LogP contribution < -0.4 is 0 Å². The Morgan fingerprint density at radius 1 is 0.900 bits per heavy atom. The van der Waals surface area contributed by atoms with Crippen molar-refractivity contribution in [2.24, 2.45) is 0 Å². The van der Waals surface area contributed by atoms with E-state index in [1.165, 1.54) is 73.9 Å². The molecule has 0 heterocycles. The number of hydrogen-bond acceptors (Lipinski definition) is 0. The van der Waals surface area contributed by atoms with Gasteiger partial charge in [-0.05, 0) is 0 Å². The van der Waals surface area contributed by atoms with Crippen LogP contribution in [0.4, 0.5) is 0 Å². The van der Waals surface area contributed by atoms with E-state index in [9.17, 15) is 0 Å². The van der Waals surface area contributed by atoms with Crippen LogP contribution in [0.25, 0.3) is 0 Å². The van der Waals surface area contributed by atoms with Crippen LogP contribution in [0.2, 0.25) is 0 Å². The second kappa shape index (κ2) is 15.1. The first-order valence-electron chi connectivity index (χ1n) is 7.73.